The number of hydrogen-bond acceptors (Lipinski definition) is 3. The van der Waals surface area contributed by atoms with Gasteiger partial charge in [0.15, 0.2) is 0 Å². The highest BCUT2D eigenvalue weighted by Crippen LogP contribution is 2.16. The number of rotatable bonds is 6. The molecule has 0 radical (unpaired) electrons. The zero-order chi connectivity index (χ0) is 14.4. The molecule has 20 heavy (non-hydrogen) atoms. The van der Waals surface area contributed by atoms with E-state index in [1.165, 1.54) is 5.56 Å². The van der Waals surface area contributed by atoms with Crippen LogP contribution in [0.15, 0.2) is 36.4 Å². The van der Waals surface area contributed by atoms with Gasteiger partial charge in [0, 0.05) is 23.3 Å². The summed E-state index contributed by atoms with van der Waals surface area (Å²) >= 11 is 5.94. The number of aryl methyl sites for hydroxylation is 1. The van der Waals surface area contributed by atoms with Crippen molar-refractivity contribution in [1.29, 1.82) is 0 Å². The van der Waals surface area contributed by atoms with Crippen molar-refractivity contribution in [1.82, 2.24) is 10.3 Å². The van der Waals surface area contributed by atoms with E-state index >= 15 is 0 Å². The molecule has 1 N–H and O–H groups in total. The van der Waals surface area contributed by atoms with Crippen molar-refractivity contribution < 1.29 is 4.74 Å². The summed E-state index contributed by atoms with van der Waals surface area (Å²) in [4.78, 5) is 4.47. The summed E-state index contributed by atoms with van der Waals surface area (Å²) in [6.45, 7) is 6.35. The number of hydrogen-bond donors (Lipinski definition) is 1. The molecular formula is C16H19ClN2O. The van der Waals surface area contributed by atoms with Crippen molar-refractivity contribution in [3.05, 3.63) is 58.2 Å². The number of nitrogens with zero attached hydrogens (tertiary/aromatic N) is 1. The summed E-state index contributed by atoms with van der Waals surface area (Å²) in [6, 6.07) is 11.6. The van der Waals surface area contributed by atoms with Gasteiger partial charge in [-0.1, -0.05) is 36.7 Å². The van der Waals surface area contributed by atoms with Gasteiger partial charge in [-0.25, -0.2) is 4.98 Å². The van der Waals surface area contributed by atoms with E-state index in [1.54, 1.807) is 0 Å². The molecular weight excluding hydrogens is 272 g/mol. The number of aromatic nitrogens is 1. The van der Waals surface area contributed by atoms with Gasteiger partial charge in [-0.2, -0.15) is 0 Å². The van der Waals surface area contributed by atoms with Gasteiger partial charge in [0.1, 0.15) is 6.61 Å². The minimum Gasteiger partial charge on any atom is -0.473 e. The molecule has 0 unspecified atom stereocenters. The Bertz CT molecular complexity index is 572. The van der Waals surface area contributed by atoms with E-state index in [-0.39, 0.29) is 0 Å². The Morgan fingerprint density at radius 2 is 2.10 bits per heavy atom. The van der Waals surface area contributed by atoms with Crippen molar-refractivity contribution in [2.24, 2.45) is 0 Å². The molecule has 0 fully saturated rings. The van der Waals surface area contributed by atoms with Crippen LogP contribution in [0, 0.1) is 6.92 Å². The first kappa shape index (κ1) is 14.8. The van der Waals surface area contributed by atoms with Crippen LogP contribution in [0.25, 0.3) is 0 Å². The first-order valence-corrected chi connectivity index (χ1v) is 7.11. The fourth-order valence-corrected chi connectivity index (χ4v) is 2.09. The summed E-state index contributed by atoms with van der Waals surface area (Å²) in [7, 11) is 0. The van der Waals surface area contributed by atoms with Crippen LogP contribution in [0.5, 0.6) is 5.88 Å². The van der Waals surface area contributed by atoms with E-state index in [0.717, 1.165) is 29.4 Å². The molecule has 0 aliphatic rings. The maximum absolute atomic E-state index is 5.94. The van der Waals surface area contributed by atoms with E-state index in [1.807, 2.05) is 37.3 Å². The lowest BCUT2D eigenvalue weighted by molar-refractivity contribution is 0.293. The van der Waals surface area contributed by atoms with Crippen molar-refractivity contribution in [2.75, 3.05) is 6.54 Å². The lowest BCUT2D eigenvalue weighted by Crippen LogP contribution is -2.13. The highest BCUT2D eigenvalue weighted by molar-refractivity contribution is 6.30. The number of pyridine rings is 1. The topological polar surface area (TPSA) is 34.1 Å². The first-order chi connectivity index (χ1) is 9.69. The molecule has 4 heteroatoms. The standard InChI is InChI=1S/C16H19ClN2O/c1-3-18-10-14-7-8-16(19-12(14)2)20-11-13-5-4-6-15(17)9-13/h4-9,18H,3,10-11H2,1-2H3. The number of nitrogens with one attached hydrogen (secondary N) is 1. The summed E-state index contributed by atoms with van der Waals surface area (Å²) in [5.41, 5.74) is 3.23. The van der Waals surface area contributed by atoms with Gasteiger partial charge < -0.3 is 10.1 Å². The second-order valence-electron chi connectivity index (χ2n) is 4.59. The van der Waals surface area contributed by atoms with Crippen molar-refractivity contribution in [2.45, 2.75) is 27.0 Å². The predicted octanol–water partition coefficient (Wildman–Crippen LogP) is 3.73. The molecule has 0 aliphatic heterocycles. The van der Waals surface area contributed by atoms with Crippen molar-refractivity contribution in [3.8, 4) is 5.88 Å². The van der Waals surface area contributed by atoms with E-state index in [9.17, 15) is 0 Å². The zero-order valence-corrected chi connectivity index (χ0v) is 12.6. The van der Waals surface area contributed by atoms with Crippen LogP contribution >= 0.6 is 11.6 Å². The van der Waals surface area contributed by atoms with Crippen LogP contribution in [-0.4, -0.2) is 11.5 Å². The molecule has 3 nitrogen and oxygen atoms in total. The fraction of sp³-hybridized carbons (Fsp3) is 0.312. The third-order valence-corrected chi connectivity index (χ3v) is 3.25. The first-order valence-electron chi connectivity index (χ1n) is 6.73. The van der Waals surface area contributed by atoms with E-state index in [4.69, 9.17) is 16.3 Å². The van der Waals surface area contributed by atoms with E-state index in [2.05, 4.69) is 23.3 Å². The predicted molar refractivity (Wildman–Crippen MR) is 82.1 cm³/mol. The third-order valence-electron chi connectivity index (χ3n) is 3.01. The Morgan fingerprint density at radius 1 is 1.25 bits per heavy atom. The van der Waals surface area contributed by atoms with Crippen LogP contribution < -0.4 is 10.1 Å². The average Bonchev–Trinajstić information content (AvgIpc) is 2.44. The molecule has 0 saturated carbocycles. The highest BCUT2D eigenvalue weighted by atomic mass is 35.5. The third kappa shape index (κ3) is 4.22. The maximum Gasteiger partial charge on any atom is 0.213 e. The normalized spacial score (nSPS) is 10.6. The molecule has 106 valence electrons. The molecule has 1 aromatic heterocycles. The minimum absolute atomic E-state index is 0.472. The zero-order valence-electron chi connectivity index (χ0n) is 11.8. The fourth-order valence-electron chi connectivity index (χ4n) is 1.88. The largest absolute Gasteiger partial charge is 0.473 e. The number of benzene rings is 1. The van der Waals surface area contributed by atoms with Gasteiger partial charge in [0.2, 0.25) is 5.88 Å². The van der Waals surface area contributed by atoms with E-state index in [0.29, 0.717) is 12.5 Å². The summed E-state index contributed by atoms with van der Waals surface area (Å²) < 4.78 is 5.70. The molecule has 2 rings (SSSR count). The molecule has 0 saturated heterocycles. The quantitative estimate of drug-likeness (QED) is 0.880. The molecule has 1 aromatic carbocycles. The molecule has 0 bridgehead atoms. The Balaban J connectivity index is 1.98. The molecule has 0 amide bonds. The van der Waals surface area contributed by atoms with Crippen molar-refractivity contribution in [3.63, 3.8) is 0 Å². The van der Waals surface area contributed by atoms with Gasteiger partial charge in [0.05, 0.1) is 0 Å². The van der Waals surface area contributed by atoms with Gasteiger partial charge in [-0.3, -0.25) is 0 Å². The average molecular weight is 291 g/mol. The van der Waals surface area contributed by atoms with Gasteiger partial charge in [-0.05, 0) is 36.7 Å². The molecule has 0 spiro atoms. The number of ether oxygens (including phenoxy) is 1. The summed E-state index contributed by atoms with van der Waals surface area (Å²) in [5.74, 6) is 0.641. The Morgan fingerprint density at radius 3 is 2.80 bits per heavy atom. The summed E-state index contributed by atoms with van der Waals surface area (Å²) in [5, 5.41) is 4.01. The molecule has 0 aliphatic carbocycles. The second kappa shape index (κ2) is 7.27. The minimum atomic E-state index is 0.472. The monoisotopic (exact) mass is 290 g/mol. The highest BCUT2D eigenvalue weighted by Gasteiger charge is 2.03. The second-order valence-corrected chi connectivity index (χ2v) is 5.03. The molecule has 1 heterocycles. The van der Waals surface area contributed by atoms with Gasteiger partial charge in [-0.15, -0.1) is 0 Å². The van der Waals surface area contributed by atoms with Crippen LogP contribution in [0.4, 0.5) is 0 Å². The van der Waals surface area contributed by atoms with Gasteiger partial charge >= 0.3 is 0 Å². The molecule has 0 atom stereocenters. The maximum atomic E-state index is 5.94. The Hall–Kier alpha value is -1.58. The van der Waals surface area contributed by atoms with Crippen LogP contribution in [0.1, 0.15) is 23.7 Å². The Kier molecular flexibility index (Phi) is 5.39. The lowest BCUT2D eigenvalue weighted by Gasteiger charge is -2.09. The smallest absolute Gasteiger partial charge is 0.213 e. The Labute approximate surface area is 124 Å². The van der Waals surface area contributed by atoms with Crippen LogP contribution in [-0.2, 0) is 13.2 Å². The van der Waals surface area contributed by atoms with Crippen LogP contribution in [0.3, 0.4) is 0 Å². The SMILES string of the molecule is CCNCc1ccc(OCc2cccc(Cl)c2)nc1C. The summed E-state index contributed by atoms with van der Waals surface area (Å²) in [6.07, 6.45) is 0. The van der Waals surface area contributed by atoms with Crippen LogP contribution in [0.2, 0.25) is 5.02 Å². The van der Waals surface area contributed by atoms with E-state index < -0.39 is 0 Å². The van der Waals surface area contributed by atoms with Gasteiger partial charge in [0.25, 0.3) is 0 Å². The lowest BCUT2D eigenvalue weighted by atomic mass is 10.2. The molecule has 2 aromatic rings. The van der Waals surface area contributed by atoms with Crippen molar-refractivity contribution >= 4 is 11.6 Å². The number of halogens is 1.